The average molecular weight is 360 g/mol. The number of nitrogens with one attached hydrogen (secondary N) is 1. The van der Waals surface area contributed by atoms with Crippen molar-refractivity contribution < 1.29 is 14.1 Å². The van der Waals surface area contributed by atoms with Crippen LogP contribution in [0, 0.1) is 15.9 Å². The van der Waals surface area contributed by atoms with Crippen LogP contribution < -0.4 is 5.32 Å². The molecular formula is C18H17FN2O3S. The Morgan fingerprint density at radius 1 is 1.20 bits per heavy atom. The average Bonchev–Trinajstić information content (AvgIpc) is 2.61. The fourth-order valence-corrected chi connectivity index (χ4v) is 2.83. The summed E-state index contributed by atoms with van der Waals surface area (Å²) in [5, 5.41) is 13.3. The van der Waals surface area contributed by atoms with Gasteiger partial charge in [-0.3, -0.25) is 14.9 Å². The molecule has 1 amide bonds. The lowest BCUT2D eigenvalue weighted by atomic mass is 10.2. The van der Waals surface area contributed by atoms with Gasteiger partial charge in [-0.1, -0.05) is 18.2 Å². The summed E-state index contributed by atoms with van der Waals surface area (Å²) in [6, 6.07) is 12.5. The highest BCUT2D eigenvalue weighted by Crippen LogP contribution is 2.15. The first kappa shape index (κ1) is 18.7. The van der Waals surface area contributed by atoms with Crippen LogP contribution in [0.2, 0.25) is 0 Å². The van der Waals surface area contributed by atoms with Crippen molar-refractivity contribution in [2.24, 2.45) is 0 Å². The topological polar surface area (TPSA) is 72.2 Å². The van der Waals surface area contributed by atoms with E-state index in [1.165, 1.54) is 36.0 Å². The Morgan fingerprint density at radius 2 is 1.92 bits per heavy atom. The van der Waals surface area contributed by atoms with Crippen molar-refractivity contribution in [1.29, 1.82) is 0 Å². The number of nitro benzene ring substituents is 1. The molecule has 0 unspecified atom stereocenters. The largest absolute Gasteiger partial charge is 0.352 e. The van der Waals surface area contributed by atoms with E-state index in [0.717, 1.165) is 0 Å². The second-order valence-corrected chi connectivity index (χ2v) is 6.22. The number of nitrogens with zero attached hydrogens (tertiary/aromatic N) is 1. The quantitative estimate of drug-likeness (QED) is 0.336. The molecule has 0 aliphatic heterocycles. The van der Waals surface area contributed by atoms with Gasteiger partial charge in [0, 0.05) is 36.3 Å². The number of amides is 1. The Balaban J connectivity index is 1.68. The predicted molar refractivity (Wildman–Crippen MR) is 97.7 cm³/mol. The van der Waals surface area contributed by atoms with Gasteiger partial charge in [-0.2, -0.15) is 11.8 Å². The molecule has 0 aromatic heterocycles. The highest BCUT2D eigenvalue weighted by Gasteiger charge is 2.03. The SMILES string of the molecule is O=C(C=Cc1ccc([N+](=O)[O-])cc1)NCCSCc1ccccc1F. The normalized spacial score (nSPS) is 10.8. The van der Waals surface area contributed by atoms with Crippen LogP contribution in [0.5, 0.6) is 0 Å². The first-order chi connectivity index (χ1) is 12.1. The highest BCUT2D eigenvalue weighted by molar-refractivity contribution is 7.98. The van der Waals surface area contributed by atoms with E-state index in [2.05, 4.69) is 5.32 Å². The van der Waals surface area contributed by atoms with Gasteiger partial charge in [-0.25, -0.2) is 4.39 Å². The van der Waals surface area contributed by atoms with Crippen molar-refractivity contribution >= 4 is 29.4 Å². The maximum atomic E-state index is 13.4. The van der Waals surface area contributed by atoms with Crippen LogP contribution in [0.3, 0.4) is 0 Å². The maximum Gasteiger partial charge on any atom is 0.269 e. The van der Waals surface area contributed by atoms with Crippen molar-refractivity contribution in [3.63, 3.8) is 0 Å². The second-order valence-electron chi connectivity index (χ2n) is 5.12. The van der Waals surface area contributed by atoms with Crippen molar-refractivity contribution in [3.8, 4) is 0 Å². The lowest BCUT2D eigenvalue weighted by molar-refractivity contribution is -0.384. The molecule has 2 aromatic carbocycles. The standard InChI is InChI=1S/C18H17FN2O3S/c19-17-4-2-1-3-15(17)13-25-12-11-20-18(22)10-7-14-5-8-16(9-6-14)21(23)24/h1-10H,11-13H2,(H,20,22). The minimum Gasteiger partial charge on any atom is -0.352 e. The van der Waals surface area contributed by atoms with Gasteiger partial charge in [0.25, 0.3) is 5.69 Å². The van der Waals surface area contributed by atoms with E-state index in [1.807, 2.05) is 0 Å². The van der Waals surface area contributed by atoms with E-state index < -0.39 is 4.92 Å². The zero-order valence-electron chi connectivity index (χ0n) is 13.4. The van der Waals surface area contributed by atoms with E-state index in [9.17, 15) is 19.3 Å². The summed E-state index contributed by atoms with van der Waals surface area (Å²) in [5.74, 6) is 0.766. The maximum absolute atomic E-state index is 13.4. The van der Waals surface area contributed by atoms with Crippen LogP contribution in [0.1, 0.15) is 11.1 Å². The second kappa shape index (κ2) is 9.58. The number of thioether (sulfide) groups is 1. The van der Waals surface area contributed by atoms with Crippen LogP contribution in [0.25, 0.3) is 6.08 Å². The molecule has 5 nitrogen and oxygen atoms in total. The minimum absolute atomic E-state index is 0.00785. The number of hydrogen-bond acceptors (Lipinski definition) is 4. The Morgan fingerprint density at radius 3 is 2.60 bits per heavy atom. The third-order valence-electron chi connectivity index (χ3n) is 3.29. The molecular weight excluding hydrogens is 343 g/mol. The molecule has 0 fully saturated rings. The number of carbonyl (C=O) groups is 1. The third kappa shape index (κ3) is 6.39. The summed E-state index contributed by atoms with van der Waals surface area (Å²) >= 11 is 1.54. The van der Waals surface area contributed by atoms with Crippen LogP contribution in [-0.2, 0) is 10.5 Å². The summed E-state index contributed by atoms with van der Waals surface area (Å²) in [6.07, 6.45) is 2.97. The fraction of sp³-hybridized carbons (Fsp3) is 0.167. The van der Waals surface area contributed by atoms with Gasteiger partial charge in [0.05, 0.1) is 4.92 Å². The molecule has 2 rings (SSSR count). The zero-order chi connectivity index (χ0) is 18.1. The Labute approximate surface area is 149 Å². The number of benzene rings is 2. The number of hydrogen-bond donors (Lipinski definition) is 1. The van der Waals surface area contributed by atoms with Gasteiger partial charge in [0.15, 0.2) is 0 Å². The summed E-state index contributed by atoms with van der Waals surface area (Å²) in [5.41, 5.74) is 1.36. The number of nitro groups is 1. The molecule has 0 bridgehead atoms. The molecule has 130 valence electrons. The highest BCUT2D eigenvalue weighted by atomic mass is 32.2. The van der Waals surface area contributed by atoms with Crippen molar-refractivity contribution in [2.45, 2.75) is 5.75 Å². The zero-order valence-corrected chi connectivity index (χ0v) is 14.2. The lowest BCUT2D eigenvalue weighted by Crippen LogP contribution is -2.23. The van der Waals surface area contributed by atoms with Crippen LogP contribution in [0.15, 0.2) is 54.6 Å². The first-order valence-corrected chi connectivity index (χ1v) is 8.73. The van der Waals surface area contributed by atoms with Gasteiger partial charge in [-0.05, 0) is 35.4 Å². The van der Waals surface area contributed by atoms with E-state index in [0.29, 0.717) is 29.2 Å². The van der Waals surface area contributed by atoms with E-state index in [1.54, 1.807) is 36.4 Å². The molecule has 0 saturated carbocycles. The van der Waals surface area contributed by atoms with E-state index in [-0.39, 0.29) is 17.4 Å². The van der Waals surface area contributed by atoms with Crippen LogP contribution in [0.4, 0.5) is 10.1 Å². The summed E-state index contributed by atoms with van der Waals surface area (Å²) < 4.78 is 13.4. The van der Waals surface area contributed by atoms with Gasteiger partial charge in [0.2, 0.25) is 5.91 Å². The summed E-state index contributed by atoms with van der Waals surface area (Å²) in [6.45, 7) is 0.475. The third-order valence-corrected chi connectivity index (χ3v) is 4.30. The monoisotopic (exact) mass is 360 g/mol. The number of halogens is 1. The van der Waals surface area contributed by atoms with Gasteiger partial charge < -0.3 is 5.32 Å². The van der Waals surface area contributed by atoms with Crippen LogP contribution in [-0.4, -0.2) is 23.1 Å². The van der Waals surface area contributed by atoms with Gasteiger partial charge >= 0.3 is 0 Å². The molecule has 0 atom stereocenters. The molecule has 0 spiro atoms. The van der Waals surface area contributed by atoms with Gasteiger partial charge in [-0.15, -0.1) is 0 Å². The molecule has 0 heterocycles. The van der Waals surface area contributed by atoms with Gasteiger partial charge in [0.1, 0.15) is 5.82 Å². The molecule has 0 aliphatic carbocycles. The predicted octanol–water partition coefficient (Wildman–Crippen LogP) is 3.80. The van der Waals surface area contributed by atoms with E-state index in [4.69, 9.17) is 0 Å². The number of carbonyl (C=O) groups excluding carboxylic acids is 1. The fourth-order valence-electron chi connectivity index (χ4n) is 1.98. The van der Waals surface area contributed by atoms with Crippen molar-refractivity contribution in [1.82, 2.24) is 5.32 Å². The molecule has 0 aliphatic rings. The van der Waals surface area contributed by atoms with Crippen molar-refractivity contribution in [2.75, 3.05) is 12.3 Å². The molecule has 25 heavy (non-hydrogen) atoms. The Bertz CT molecular complexity index is 763. The number of rotatable bonds is 8. The summed E-state index contributed by atoms with van der Waals surface area (Å²) in [7, 11) is 0. The van der Waals surface area contributed by atoms with E-state index >= 15 is 0 Å². The summed E-state index contributed by atoms with van der Waals surface area (Å²) in [4.78, 5) is 21.8. The molecule has 2 aromatic rings. The molecule has 1 N–H and O–H groups in total. The Kier molecular flexibility index (Phi) is 7.16. The smallest absolute Gasteiger partial charge is 0.269 e. The number of non-ortho nitro benzene ring substituents is 1. The minimum atomic E-state index is -0.473. The molecule has 0 radical (unpaired) electrons. The molecule has 0 saturated heterocycles. The first-order valence-electron chi connectivity index (χ1n) is 7.58. The van der Waals surface area contributed by atoms with Crippen molar-refractivity contribution in [3.05, 3.63) is 81.7 Å². The lowest BCUT2D eigenvalue weighted by Gasteiger charge is -2.04. The van der Waals surface area contributed by atoms with Crippen LogP contribution >= 0.6 is 11.8 Å². The molecule has 7 heteroatoms. The Hall–Kier alpha value is -2.67.